The van der Waals surface area contributed by atoms with E-state index in [9.17, 15) is 4.79 Å². The maximum atomic E-state index is 11.4. The van der Waals surface area contributed by atoms with E-state index in [4.69, 9.17) is 4.74 Å². The monoisotopic (exact) mass is 247 g/mol. The third-order valence-electron chi connectivity index (χ3n) is 1.92. The molecule has 1 rings (SSSR count). The predicted octanol–water partition coefficient (Wildman–Crippen LogP) is 3.27. The van der Waals surface area contributed by atoms with Crippen molar-refractivity contribution in [2.75, 3.05) is 0 Å². The molecule has 0 atom stereocenters. The average Bonchev–Trinajstić information content (AvgIpc) is 2.27. The Morgan fingerprint density at radius 1 is 1.33 bits per heavy atom. The summed E-state index contributed by atoms with van der Waals surface area (Å²) in [4.78, 5) is 11.4. The van der Waals surface area contributed by atoms with Crippen LogP contribution in [0.4, 0.5) is 4.79 Å². The second kappa shape index (κ2) is 7.39. The van der Waals surface area contributed by atoms with Crippen LogP contribution in [0.1, 0.15) is 31.9 Å². The van der Waals surface area contributed by atoms with Gasteiger partial charge in [-0.25, -0.2) is 4.79 Å². The van der Waals surface area contributed by atoms with E-state index >= 15 is 0 Å². The van der Waals surface area contributed by atoms with Gasteiger partial charge in [-0.15, -0.1) is 12.8 Å². The van der Waals surface area contributed by atoms with Gasteiger partial charge in [-0.05, 0) is 33.3 Å². The minimum atomic E-state index is -0.448. The highest BCUT2D eigenvalue weighted by Gasteiger charge is 2.15. The van der Waals surface area contributed by atoms with Crippen molar-refractivity contribution >= 4 is 6.09 Å². The lowest BCUT2D eigenvalue weighted by molar-refractivity contribution is 0.0523. The van der Waals surface area contributed by atoms with Gasteiger partial charge in [0.05, 0.1) is 0 Å². The quantitative estimate of drug-likeness (QED) is 0.814. The second-order valence-electron chi connectivity index (χ2n) is 4.84. The molecule has 0 aliphatic heterocycles. The zero-order valence-electron chi connectivity index (χ0n) is 11.5. The summed E-state index contributed by atoms with van der Waals surface area (Å²) >= 11 is 0. The molecule has 0 unspecified atom stereocenters. The van der Waals surface area contributed by atoms with Gasteiger partial charge in [-0.1, -0.05) is 29.8 Å². The van der Waals surface area contributed by atoms with Gasteiger partial charge in [0.25, 0.3) is 0 Å². The van der Waals surface area contributed by atoms with Crippen LogP contribution in [0.2, 0.25) is 0 Å². The number of hydrogen-bond donors (Lipinski definition) is 1. The van der Waals surface area contributed by atoms with E-state index in [-0.39, 0.29) is 6.09 Å². The SMILES string of the molecule is C#C.Cc1cccc(CNC(=O)OC(C)(C)C)c1. The first-order valence-electron chi connectivity index (χ1n) is 5.72. The van der Waals surface area contributed by atoms with Gasteiger partial charge in [0.1, 0.15) is 5.60 Å². The molecular weight excluding hydrogens is 226 g/mol. The van der Waals surface area contributed by atoms with Gasteiger partial charge in [-0.2, -0.15) is 0 Å². The van der Waals surface area contributed by atoms with Crippen molar-refractivity contribution in [1.29, 1.82) is 0 Å². The van der Waals surface area contributed by atoms with E-state index in [1.807, 2.05) is 52.0 Å². The molecule has 18 heavy (non-hydrogen) atoms. The van der Waals surface area contributed by atoms with Crippen molar-refractivity contribution < 1.29 is 9.53 Å². The van der Waals surface area contributed by atoms with Crippen LogP contribution < -0.4 is 5.32 Å². The molecule has 1 N–H and O–H groups in total. The number of terminal acetylenes is 1. The molecule has 1 amide bonds. The van der Waals surface area contributed by atoms with Crippen molar-refractivity contribution in [3.05, 3.63) is 35.4 Å². The van der Waals surface area contributed by atoms with Crippen molar-refractivity contribution in [2.45, 2.75) is 39.8 Å². The van der Waals surface area contributed by atoms with E-state index in [1.54, 1.807) is 0 Å². The summed E-state index contributed by atoms with van der Waals surface area (Å²) in [5, 5.41) is 2.72. The molecule has 3 nitrogen and oxygen atoms in total. The third-order valence-corrected chi connectivity index (χ3v) is 1.92. The molecular formula is C15H21NO2. The number of rotatable bonds is 2. The predicted molar refractivity (Wildman–Crippen MR) is 74.1 cm³/mol. The van der Waals surface area contributed by atoms with Crippen LogP contribution in [0.15, 0.2) is 24.3 Å². The summed E-state index contributed by atoms with van der Waals surface area (Å²) in [6, 6.07) is 8.01. The Hall–Kier alpha value is -1.95. The number of nitrogens with one attached hydrogen (secondary N) is 1. The molecule has 0 fully saturated rings. The number of hydrogen-bond acceptors (Lipinski definition) is 2. The minimum Gasteiger partial charge on any atom is -0.444 e. The molecule has 0 spiro atoms. The van der Waals surface area contributed by atoms with Crippen molar-refractivity contribution in [2.24, 2.45) is 0 Å². The van der Waals surface area contributed by atoms with E-state index in [2.05, 4.69) is 18.2 Å². The van der Waals surface area contributed by atoms with Crippen LogP contribution in [0.5, 0.6) is 0 Å². The van der Waals surface area contributed by atoms with E-state index in [0.717, 1.165) is 5.56 Å². The summed E-state index contributed by atoms with van der Waals surface area (Å²) in [7, 11) is 0. The molecule has 0 saturated heterocycles. The number of amides is 1. The lowest BCUT2D eigenvalue weighted by atomic mass is 10.1. The van der Waals surface area contributed by atoms with Gasteiger partial charge in [0.2, 0.25) is 0 Å². The van der Waals surface area contributed by atoms with Crippen LogP contribution in [0.25, 0.3) is 0 Å². The minimum absolute atomic E-state index is 0.381. The number of alkyl carbamates (subject to hydrolysis) is 1. The van der Waals surface area contributed by atoms with Gasteiger partial charge in [-0.3, -0.25) is 0 Å². The number of carbonyl (C=O) groups is 1. The van der Waals surface area contributed by atoms with Gasteiger partial charge >= 0.3 is 6.09 Å². The fourth-order valence-electron chi connectivity index (χ4n) is 1.31. The topological polar surface area (TPSA) is 38.3 Å². The van der Waals surface area contributed by atoms with Crippen LogP contribution in [0, 0.1) is 19.8 Å². The molecule has 0 aromatic heterocycles. The highest BCUT2D eigenvalue weighted by Crippen LogP contribution is 2.07. The molecule has 3 heteroatoms. The van der Waals surface area contributed by atoms with Gasteiger partial charge < -0.3 is 10.1 Å². The Kier molecular flexibility index (Phi) is 6.59. The first-order chi connectivity index (χ1) is 8.37. The maximum absolute atomic E-state index is 11.4. The Morgan fingerprint density at radius 2 is 1.94 bits per heavy atom. The van der Waals surface area contributed by atoms with Crippen molar-refractivity contribution in [3.8, 4) is 12.8 Å². The van der Waals surface area contributed by atoms with E-state index in [1.165, 1.54) is 5.56 Å². The highest BCUT2D eigenvalue weighted by molar-refractivity contribution is 5.67. The molecule has 1 aromatic rings. The molecule has 0 bridgehead atoms. The Morgan fingerprint density at radius 3 is 2.44 bits per heavy atom. The molecule has 0 aliphatic carbocycles. The Labute approximate surface area is 110 Å². The first kappa shape index (κ1) is 16.1. The number of benzene rings is 1. The molecule has 0 saturated carbocycles. The first-order valence-corrected chi connectivity index (χ1v) is 5.72. The Balaban J connectivity index is 0.00000137. The molecule has 0 aliphatic rings. The van der Waals surface area contributed by atoms with Crippen LogP contribution in [0.3, 0.4) is 0 Å². The third kappa shape index (κ3) is 7.34. The fraction of sp³-hybridized carbons (Fsp3) is 0.400. The largest absolute Gasteiger partial charge is 0.444 e. The van der Waals surface area contributed by atoms with Crippen molar-refractivity contribution in [3.63, 3.8) is 0 Å². The molecule has 98 valence electrons. The Bertz CT molecular complexity index is 402. The van der Waals surface area contributed by atoms with Gasteiger partial charge in [0, 0.05) is 6.54 Å². The lowest BCUT2D eigenvalue weighted by Gasteiger charge is -2.19. The van der Waals surface area contributed by atoms with E-state index in [0.29, 0.717) is 6.54 Å². The highest BCUT2D eigenvalue weighted by atomic mass is 16.6. The van der Waals surface area contributed by atoms with Crippen LogP contribution in [-0.4, -0.2) is 11.7 Å². The number of carbonyl (C=O) groups excluding carboxylic acids is 1. The van der Waals surface area contributed by atoms with Crippen LogP contribution in [-0.2, 0) is 11.3 Å². The summed E-state index contributed by atoms with van der Waals surface area (Å²) in [6.07, 6.45) is 7.62. The zero-order valence-corrected chi connectivity index (χ0v) is 11.5. The standard InChI is InChI=1S/C13H19NO2.C2H2/c1-10-6-5-7-11(8-10)9-14-12(15)16-13(2,3)4;1-2/h5-8H,9H2,1-4H3,(H,14,15);1-2H. The summed E-state index contributed by atoms with van der Waals surface area (Å²) in [5.74, 6) is 0. The van der Waals surface area contributed by atoms with Crippen molar-refractivity contribution in [1.82, 2.24) is 5.32 Å². The summed E-state index contributed by atoms with van der Waals surface area (Å²) in [5.41, 5.74) is 1.81. The normalized spacial score (nSPS) is 9.89. The molecule has 0 radical (unpaired) electrons. The maximum Gasteiger partial charge on any atom is 0.407 e. The zero-order chi connectivity index (χ0) is 14.2. The lowest BCUT2D eigenvalue weighted by Crippen LogP contribution is -2.32. The average molecular weight is 247 g/mol. The van der Waals surface area contributed by atoms with Gasteiger partial charge in [0.15, 0.2) is 0 Å². The fourth-order valence-corrected chi connectivity index (χ4v) is 1.31. The molecule has 1 aromatic carbocycles. The second-order valence-corrected chi connectivity index (χ2v) is 4.84. The summed E-state index contributed by atoms with van der Waals surface area (Å²) in [6.45, 7) is 8.06. The van der Waals surface area contributed by atoms with Crippen LogP contribution >= 0.6 is 0 Å². The smallest absolute Gasteiger partial charge is 0.407 e. The summed E-state index contributed by atoms with van der Waals surface area (Å²) < 4.78 is 5.14. The molecule has 0 heterocycles. The number of ether oxygens (including phenoxy) is 1. The number of aryl methyl sites for hydroxylation is 1. The van der Waals surface area contributed by atoms with E-state index < -0.39 is 5.60 Å².